The van der Waals surface area contributed by atoms with E-state index >= 15 is 0 Å². The van der Waals surface area contributed by atoms with Crippen LogP contribution in [0, 0.1) is 11.8 Å². The van der Waals surface area contributed by atoms with Crippen LogP contribution in [0.15, 0.2) is 42.5 Å². The molecule has 5 rings (SSSR count). The van der Waals surface area contributed by atoms with Gasteiger partial charge in [-0.3, -0.25) is 0 Å². The number of piperidine rings is 1. The summed E-state index contributed by atoms with van der Waals surface area (Å²) in [6, 6.07) is 16.3. The number of methoxy groups -OCH3 is 1. The van der Waals surface area contributed by atoms with Crippen molar-refractivity contribution >= 4 is 0 Å². The molecule has 166 valence electrons. The molecule has 31 heavy (non-hydrogen) atoms. The molecule has 0 amide bonds. The lowest BCUT2D eigenvalue weighted by Gasteiger charge is -2.40. The van der Waals surface area contributed by atoms with Crippen molar-refractivity contribution in [3.63, 3.8) is 0 Å². The normalized spacial score (nSPS) is 27.0. The van der Waals surface area contributed by atoms with Gasteiger partial charge in [-0.25, -0.2) is 0 Å². The second kappa shape index (κ2) is 8.26. The van der Waals surface area contributed by atoms with Crippen LogP contribution in [0.2, 0.25) is 0 Å². The summed E-state index contributed by atoms with van der Waals surface area (Å²) in [5.41, 5.74) is 11.0. The molecule has 1 aliphatic heterocycles. The average molecular weight is 419 g/mol. The minimum atomic E-state index is -0.309. The smallest absolute Gasteiger partial charge is 0.122 e. The number of ether oxygens (including phenoxy) is 1. The molecular formula is C28H38N2O. The molecule has 2 saturated carbocycles. The first-order chi connectivity index (χ1) is 14.9. The summed E-state index contributed by atoms with van der Waals surface area (Å²) in [5.74, 6) is 3.65. The molecule has 2 N–H and O–H groups in total. The number of nitrogens with two attached hydrogens (primary N) is 1. The predicted octanol–water partition coefficient (Wildman–Crippen LogP) is 5.92. The van der Waals surface area contributed by atoms with Crippen molar-refractivity contribution in [3.05, 3.63) is 53.6 Å². The highest BCUT2D eigenvalue weighted by Gasteiger charge is 2.43. The lowest BCUT2D eigenvalue weighted by Crippen LogP contribution is -2.43. The summed E-state index contributed by atoms with van der Waals surface area (Å²) in [7, 11) is 1.81. The largest absolute Gasteiger partial charge is 0.496 e. The third-order valence-electron chi connectivity index (χ3n) is 8.33. The Kier molecular flexibility index (Phi) is 5.60. The highest BCUT2D eigenvalue weighted by Crippen LogP contribution is 2.48. The van der Waals surface area contributed by atoms with Gasteiger partial charge < -0.3 is 15.4 Å². The Morgan fingerprint density at radius 3 is 2.19 bits per heavy atom. The van der Waals surface area contributed by atoms with E-state index < -0.39 is 0 Å². The lowest BCUT2D eigenvalue weighted by molar-refractivity contribution is 0.110. The van der Waals surface area contributed by atoms with Gasteiger partial charge in [-0.15, -0.1) is 0 Å². The van der Waals surface area contributed by atoms with Gasteiger partial charge in [-0.05, 0) is 111 Å². The molecule has 2 aliphatic carbocycles. The Hall–Kier alpha value is -1.84. The fourth-order valence-corrected chi connectivity index (χ4v) is 6.53. The van der Waals surface area contributed by atoms with Crippen molar-refractivity contribution < 1.29 is 4.74 Å². The third-order valence-corrected chi connectivity index (χ3v) is 8.33. The first-order valence-corrected chi connectivity index (χ1v) is 12.2. The van der Waals surface area contributed by atoms with E-state index in [1.54, 1.807) is 7.11 Å². The van der Waals surface area contributed by atoms with Gasteiger partial charge in [0.15, 0.2) is 0 Å². The van der Waals surface area contributed by atoms with E-state index in [-0.39, 0.29) is 5.54 Å². The number of rotatable bonds is 5. The monoisotopic (exact) mass is 418 g/mol. The van der Waals surface area contributed by atoms with Gasteiger partial charge in [0.2, 0.25) is 0 Å². The summed E-state index contributed by atoms with van der Waals surface area (Å²) >= 11 is 0. The predicted molar refractivity (Wildman–Crippen MR) is 128 cm³/mol. The highest BCUT2D eigenvalue weighted by molar-refractivity contribution is 5.66. The van der Waals surface area contributed by atoms with E-state index in [1.807, 2.05) is 0 Å². The zero-order valence-electron chi connectivity index (χ0n) is 19.4. The molecule has 1 heterocycles. The summed E-state index contributed by atoms with van der Waals surface area (Å²) in [4.78, 5) is 2.82. The Bertz CT molecular complexity index is 906. The molecule has 3 atom stereocenters. The van der Waals surface area contributed by atoms with Gasteiger partial charge in [0.1, 0.15) is 5.75 Å². The minimum Gasteiger partial charge on any atom is -0.496 e. The van der Waals surface area contributed by atoms with Crippen LogP contribution >= 0.6 is 0 Å². The third kappa shape index (κ3) is 4.15. The molecule has 2 aromatic carbocycles. The minimum absolute atomic E-state index is 0.309. The summed E-state index contributed by atoms with van der Waals surface area (Å²) in [5, 5.41) is 0. The van der Waals surface area contributed by atoms with Crippen molar-refractivity contribution in [1.82, 2.24) is 4.90 Å². The number of benzene rings is 2. The molecule has 0 spiro atoms. The molecule has 1 unspecified atom stereocenters. The maximum Gasteiger partial charge on any atom is 0.122 e. The number of hydrogen-bond donors (Lipinski definition) is 1. The van der Waals surface area contributed by atoms with E-state index in [0.29, 0.717) is 5.92 Å². The Morgan fingerprint density at radius 2 is 1.61 bits per heavy atom. The Labute approximate surface area is 188 Å². The van der Waals surface area contributed by atoms with E-state index in [9.17, 15) is 0 Å². The first kappa shape index (κ1) is 21.0. The Morgan fingerprint density at radius 1 is 0.903 bits per heavy atom. The second-order valence-corrected chi connectivity index (χ2v) is 10.8. The van der Waals surface area contributed by atoms with Crippen LogP contribution in [0.5, 0.6) is 5.75 Å². The van der Waals surface area contributed by atoms with Crippen molar-refractivity contribution in [2.45, 2.75) is 69.9 Å². The molecule has 0 aromatic heterocycles. The molecular weight excluding hydrogens is 380 g/mol. The van der Waals surface area contributed by atoms with E-state index in [0.717, 1.165) is 29.2 Å². The molecule has 2 aromatic rings. The topological polar surface area (TPSA) is 38.5 Å². The number of likely N-dealkylation sites (tertiary alicyclic amines) is 1. The highest BCUT2D eigenvalue weighted by atomic mass is 16.5. The zero-order valence-corrected chi connectivity index (χ0v) is 19.4. The van der Waals surface area contributed by atoms with Gasteiger partial charge in [0.25, 0.3) is 0 Å². The number of fused-ring (bicyclic) bond motifs is 2. The van der Waals surface area contributed by atoms with E-state index in [4.69, 9.17) is 10.5 Å². The summed E-state index contributed by atoms with van der Waals surface area (Å²) in [6.07, 6.45) is 8.42. The van der Waals surface area contributed by atoms with Crippen molar-refractivity contribution in [1.29, 1.82) is 0 Å². The average Bonchev–Trinajstić information content (AvgIpc) is 3.42. The maximum atomic E-state index is 6.26. The fraction of sp³-hybridized carbons (Fsp3) is 0.571. The van der Waals surface area contributed by atoms with Gasteiger partial charge in [-0.2, -0.15) is 0 Å². The van der Waals surface area contributed by atoms with Crippen LogP contribution in [0.25, 0.3) is 11.1 Å². The van der Waals surface area contributed by atoms with Gasteiger partial charge in [-0.1, -0.05) is 36.8 Å². The number of hydrogen-bond acceptors (Lipinski definition) is 3. The zero-order chi connectivity index (χ0) is 21.6. The summed E-state index contributed by atoms with van der Waals surface area (Å²) in [6.45, 7) is 6.59. The second-order valence-electron chi connectivity index (χ2n) is 10.8. The quantitative estimate of drug-likeness (QED) is 0.654. The molecule has 3 nitrogen and oxygen atoms in total. The molecule has 3 aliphatic rings. The fourth-order valence-electron chi connectivity index (χ4n) is 6.53. The molecule has 3 fully saturated rings. The van der Waals surface area contributed by atoms with Crippen molar-refractivity contribution in [3.8, 4) is 16.9 Å². The van der Waals surface area contributed by atoms with Gasteiger partial charge in [0.05, 0.1) is 7.11 Å². The van der Waals surface area contributed by atoms with Crippen molar-refractivity contribution in [2.75, 3.05) is 20.2 Å². The van der Waals surface area contributed by atoms with Crippen LogP contribution < -0.4 is 10.5 Å². The van der Waals surface area contributed by atoms with Crippen LogP contribution in [-0.2, 0) is 5.54 Å². The van der Waals surface area contributed by atoms with E-state index in [2.05, 4.69) is 61.2 Å². The first-order valence-electron chi connectivity index (χ1n) is 12.2. The van der Waals surface area contributed by atoms with Gasteiger partial charge in [0, 0.05) is 11.6 Å². The standard InChI is InChI=1S/C28H38N2O/c1-28(2,29)24-9-6-20(7-10-24)22-8-11-27(31-3)25(18-22)21-12-14-30(15-13-21)26-17-19-4-5-23(26)16-19/h6-11,18-19,21,23,26H,4-5,12-17,29H2,1-3H3/t19-,23-,26?/m0/s1. The molecule has 3 heteroatoms. The Balaban J connectivity index is 1.32. The lowest BCUT2D eigenvalue weighted by atomic mass is 9.85. The number of nitrogens with zero attached hydrogens (tertiary/aromatic N) is 1. The van der Waals surface area contributed by atoms with Crippen molar-refractivity contribution in [2.24, 2.45) is 17.6 Å². The molecule has 2 bridgehead atoms. The van der Waals surface area contributed by atoms with Crippen LogP contribution in [0.1, 0.15) is 69.4 Å². The summed E-state index contributed by atoms with van der Waals surface area (Å²) < 4.78 is 5.79. The van der Waals surface area contributed by atoms with Crippen LogP contribution in [-0.4, -0.2) is 31.1 Å². The SMILES string of the molecule is COc1ccc(-c2ccc(C(C)(C)N)cc2)cc1C1CCN(C2C[C@H]3CC[C@H]2C3)CC1. The van der Waals surface area contributed by atoms with Gasteiger partial charge >= 0.3 is 0 Å². The molecule has 1 saturated heterocycles. The van der Waals surface area contributed by atoms with E-state index in [1.165, 1.54) is 68.3 Å². The van der Waals surface area contributed by atoms with Crippen LogP contribution in [0.3, 0.4) is 0 Å². The molecule has 0 radical (unpaired) electrons. The maximum absolute atomic E-state index is 6.26. The van der Waals surface area contributed by atoms with Crippen LogP contribution in [0.4, 0.5) is 0 Å².